The van der Waals surface area contributed by atoms with Crippen LogP contribution in [0.2, 0.25) is 0 Å². The predicted molar refractivity (Wildman–Crippen MR) is 223 cm³/mol. The lowest BCUT2D eigenvalue weighted by Gasteiger charge is -2.29. The number of rotatable bonds is 7. The molecule has 4 nitrogen and oxygen atoms in total. The highest BCUT2D eigenvalue weighted by atomic mass is 32.2. The summed E-state index contributed by atoms with van der Waals surface area (Å²) in [7, 11) is 0. The van der Waals surface area contributed by atoms with Crippen LogP contribution in [-0.2, 0) is 0 Å². The lowest BCUT2D eigenvalue weighted by atomic mass is 9.92. The molecular weight excluding hydrogens is 677 g/mol. The minimum Gasteiger partial charge on any atom is -0.310 e. The highest BCUT2D eigenvalue weighted by molar-refractivity contribution is 7.99. The molecule has 0 fully saturated rings. The number of benzene rings is 8. The van der Waals surface area contributed by atoms with Crippen molar-refractivity contribution in [2.75, 3.05) is 4.90 Å². The van der Waals surface area contributed by atoms with Gasteiger partial charge in [0.15, 0.2) is 17.5 Å². The Kier molecular flexibility index (Phi) is 8.04. The molecule has 0 bridgehead atoms. The largest absolute Gasteiger partial charge is 0.310 e. The summed E-state index contributed by atoms with van der Waals surface area (Å²) >= 11 is 1.81. The molecule has 0 radical (unpaired) electrons. The molecule has 0 unspecified atom stereocenters. The first-order valence-electron chi connectivity index (χ1n) is 18.0. The monoisotopic (exact) mass is 708 g/mol. The number of hydrogen-bond acceptors (Lipinski definition) is 5. The molecule has 5 heteroatoms. The van der Waals surface area contributed by atoms with Gasteiger partial charge >= 0.3 is 0 Å². The van der Waals surface area contributed by atoms with Crippen LogP contribution in [0.25, 0.3) is 67.2 Å². The second-order valence-electron chi connectivity index (χ2n) is 13.2. The van der Waals surface area contributed by atoms with Crippen molar-refractivity contribution in [3.8, 4) is 56.4 Å². The van der Waals surface area contributed by atoms with Crippen molar-refractivity contribution in [2.45, 2.75) is 9.79 Å². The molecule has 8 aromatic carbocycles. The summed E-state index contributed by atoms with van der Waals surface area (Å²) in [5.74, 6) is 1.95. The molecule has 54 heavy (non-hydrogen) atoms. The molecule has 2 heterocycles. The van der Waals surface area contributed by atoms with Crippen LogP contribution < -0.4 is 4.90 Å². The maximum atomic E-state index is 5.15. The van der Waals surface area contributed by atoms with Gasteiger partial charge in [0, 0.05) is 54.2 Å². The lowest BCUT2D eigenvalue weighted by Crippen LogP contribution is -2.11. The first-order valence-corrected chi connectivity index (χ1v) is 18.9. The average Bonchev–Trinajstić information content (AvgIpc) is 3.25. The minimum absolute atomic E-state index is 0.651. The van der Waals surface area contributed by atoms with E-state index >= 15 is 0 Å². The van der Waals surface area contributed by atoms with Crippen molar-refractivity contribution < 1.29 is 0 Å². The van der Waals surface area contributed by atoms with Crippen molar-refractivity contribution in [1.82, 2.24) is 15.0 Å². The van der Waals surface area contributed by atoms with E-state index in [0.29, 0.717) is 17.5 Å². The van der Waals surface area contributed by atoms with E-state index < -0.39 is 0 Å². The Bertz CT molecular complexity index is 2730. The zero-order valence-electron chi connectivity index (χ0n) is 29.2. The molecule has 1 aliphatic rings. The van der Waals surface area contributed by atoms with E-state index in [1.165, 1.54) is 37.3 Å². The maximum Gasteiger partial charge on any atom is 0.164 e. The van der Waals surface area contributed by atoms with Crippen LogP contribution in [0.5, 0.6) is 0 Å². The fourth-order valence-corrected chi connectivity index (χ4v) is 8.60. The molecule has 0 N–H and O–H groups in total. The van der Waals surface area contributed by atoms with Gasteiger partial charge in [0.05, 0.1) is 5.69 Å². The normalized spacial score (nSPS) is 11.6. The third kappa shape index (κ3) is 5.72. The second-order valence-corrected chi connectivity index (χ2v) is 14.3. The van der Waals surface area contributed by atoms with Crippen molar-refractivity contribution in [3.05, 3.63) is 194 Å². The zero-order valence-corrected chi connectivity index (χ0v) is 30.0. The van der Waals surface area contributed by atoms with Crippen LogP contribution in [0.15, 0.2) is 204 Å². The predicted octanol–water partition coefficient (Wildman–Crippen LogP) is 13.3. The smallest absolute Gasteiger partial charge is 0.164 e. The number of aromatic nitrogens is 3. The van der Waals surface area contributed by atoms with Gasteiger partial charge in [0.25, 0.3) is 0 Å². The van der Waals surface area contributed by atoms with Crippen LogP contribution in [0.3, 0.4) is 0 Å². The van der Waals surface area contributed by atoms with Gasteiger partial charge in [0.2, 0.25) is 0 Å². The van der Waals surface area contributed by atoms with Crippen molar-refractivity contribution in [2.24, 2.45) is 0 Å². The Labute approximate surface area is 318 Å². The Hall–Kier alpha value is -6.82. The highest BCUT2D eigenvalue weighted by Gasteiger charge is 2.27. The summed E-state index contributed by atoms with van der Waals surface area (Å²) in [6.07, 6.45) is 0. The fraction of sp³-hybridized carbons (Fsp3) is 0. The molecule has 254 valence electrons. The van der Waals surface area contributed by atoms with E-state index in [2.05, 4.69) is 163 Å². The molecule has 0 aliphatic carbocycles. The third-order valence-corrected chi connectivity index (χ3v) is 11.0. The molecule has 0 saturated carbocycles. The van der Waals surface area contributed by atoms with E-state index in [1.54, 1.807) is 0 Å². The number of hydrogen-bond donors (Lipinski definition) is 0. The van der Waals surface area contributed by atoms with E-state index in [-0.39, 0.29) is 0 Å². The molecule has 0 saturated heterocycles. The fourth-order valence-electron chi connectivity index (χ4n) is 7.43. The summed E-state index contributed by atoms with van der Waals surface area (Å²) in [6, 6.07) is 68.1. The first-order chi connectivity index (χ1) is 26.8. The quantitative estimate of drug-likeness (QED) is 0.165. The van der Waals surface area contributed by atoms with Gasteiger partial charge in [0.1, 0.15) is 0 Å². The minimum atomic E-state index is 0.651. The van der Waals surface area contributed by atoms with E-state index in [0.717, 1.165) is 39.3 Å². The van der Waals surface area contributed by atoms with Crippen molar-refractivity contribution in [3.63, 3.8) is 0 Å². The van der Waals surface area contributed by atoms with E-state index in [9.17, 15) is 0 Å². The molecule has 1 aliphatic heterocycles. The standard InChI is InChI=1S/C49H32N4S/c1-5-16-33(17-6-1)36-22-13-25-38(32-36)53(37-23-11-4-12-24-37)42-30-31-44-45-39(42)26-14-27-40(45)46-41(28-15-29-43(46)54-44)49-51-47(34-18-7-2-8-19-34)50-48(52-49)35-20-9-3-10-21-35/h1-32H. The Morgan fingerprint density at radius 2 is 0.907 bits per heavy atom. The SMILES string of the molecule is c1ccc(-c2cccc(N(c3ccccc3)c3ccc4c5c(cccc35)-c3c(cccc3-c3nc(-c5ccccc5)nc(-c5ccccc5)n3)S4)c2)cc1. The van der Waals surface area contributed by atoms with E-state index in [4.69, 9.17) is 15.0 Å². The molecule has 9 aromatic rings. The lowest BCUT2D eigenvalue weighted by molar-refractivity contribution is 1.07. The zero-order chi connectivity index (χ0) is 35.8. The van der Waals surface area contributed by atoms with Crippen LogP contribution in [0, 0.1) is 0 Å². The third-order valence-electron chi connectivity index (χ3n) is 9.90. The topological polar surface area (TPSA) is 41.9 Å². The Balaban J connectivity index is 1.17. The Morgan fingerprint density at radius 1 is 0.370 bits per heavy atom. The van der Waals surface area contributed by atoms with Crippen LogP contribution in [0.4, 0.5) is 17.1 Å². The summed E-state index contributed by atoms with van der Waals surface area (Å²) in [5.41, 5.74) is 10.9. The van der Waals surface area contributed by atoms with Gasteiger partial charge in [-0.25, -0.2) is 15.0 Å². The van der Waals surface area contributed by atoms with Crippen LogP contribution in [0.1, 0.15) is 0 Å². The molecule has 0 spiro atoms. The number of nitrogens with zero attached hydrogens (tertiary/aromatic N) is 4. The maximum absolute atomic E-state index is 5.15. The van der Waals surface area contributed by atoms with E-state index in [1.807, 2.05) is 48.2 Å². The molecule has 0 atom stereocenters. The van der Waals surface area contributed by atoms with Gasteiger partial charge in [-0.2, -0.15) is 0 Å². The van der Waals surface area contributed by atoms with Crippen molar-refractivity contribution in [1.29, 1.82) is 0 Å². The second kappa shape index (κ2) is 13.6. The summed E-state index contributed by atoms with van der Waals surface area (Å²) in [4.78, 5) is 20.0. The Morgan fingerprint density at radius 3 is 1.59 bits per heavy atom. The summed E-state index contributed by atoms with van der Waals surface area (Å²) in [5, 5.41) is 2.40. The molecular formula is C49H32N4S. The molecule has 10 rings (SSSR count). The summed E-state index contributed by atoms with van der Waals surface area (Å²) < 4.78 is 0. The van der Waals surface area contributed by atoms with Crippen LogP contribution in [-0.4, -0.2) is 15.0 Å². The molecule has 1 aromatic heterocycles. The number of fused-ring (bicyclic) bond motifs is 2. The van der Waals surface area contributed by atoms with Gasteiger partial charge in [-0.3, -0.25) is 0 Å². The van der Waals surface area contributed by atoms with Crippen molar-refractivity contribution >= 4 is 39.6 Å². The molecule has 0 amide bonds. The number of para-hydroxylation sites is 1. The first kappa shape index (κ1) is 31.9. The summed E-state index contributed by atoms with van der Waals surface area (Å²) in [6.45, 7) is 0. The van der Waals surface area contributed by atoms with Gasteiger partial charge in [-0.15, -0.1) is 0 Å². The highest BCUT2D eigenvalue weighted by Crippen LogP contribution is 2.53. The van der Waals surface area contributed by atoms with Gasteiger partial charge in [-0.05, 0) is 59.2 Å². The number of anilines is 3. The van der Waals surface area contributed by atoms with Crippen LogP contribution >= 0.6 is 11.8 Å². The van der Waals surface area contributed by atoms with Gasteiger partial charge in [-0.1, -0.05) is 163 Å². The van der Waals surface area contributed by atoms with Gasteiger partial charge < -0.3 is 4.90 Å². The average molecular weight is 709 g/mol.